The van der Waals surface area contributed by atoms with E-state index in [1.807, 2.05) is 6.92 Å². The number of carbonyl (C=O) groups excluding carboxylic acids is 2. The van der Waals surface area contributed by atoms with Crippen LogP contribution in [0.1, 0.15) is 57.1 Å². The number of nitrogens with zero attached hydrogens (tertiary/aromatic N) is 2. The van der Waals surface area contributed by atoms with Crippen LogP contribution in [0.4, 0.5) is 4.39 Å². The SMILES string of the molecule is CCC12C(=O)NC(=O)C1CCCC2N1CCC(c2noc3cc(F)ccc23)CC1. The third kappa shape index (κ3) is 2.74. The number of piperidine rings is 1. The molecule has 2 aliphatic heterocycles. The van der Waals surface area contributed by atoms with Gasteiger partial charge in [0.25, 0.3) is 0 Å². The van der Waals surface area contributed by atoms with Crippen LogP contribution in [0.25, 0.3) is 11.0 Å². The van der Waals surface area contributed by atoms with E-state index in [2.05, 4.69) is 15.4 Å². The Labute approximate surface area is 168 Å². The molecule has 6 nitrogen and oxygen atoms in total. The third-order valence-electron chi connectivity index (χ3n) is 7.57. The second kappa shape index (κ2) is 6.90. The Kier molecular flexibility index (Phi) is 4.46. The molecule has 5 rings (SSSR count). The van der Waals surface area contributed by atoms with Gasteiger partial charge in [0.1, 0.15) is 5.82 Å². The van der Waals surface area contributed by atoms with Crippen molar-refractivity contribution in [2.24, 2.45) is 11.3 Å². The summed E-state index contributed by atoms with van der Waals surface area (Å²) in [5, 5.41) is 7.73. The topological polar surface area (TPSA) is 75.4 Å². The van der Waals surface area contributed by atoms with Crippen molar-refractivity contribution in [3.05, 3.63) is 29.7 Å². The van der Waals surface area contributed by atoms with E-state index in [0.717, 1.165) is 56.3 Å². The lowest BCUT2D eigenvalue weighted by molar-refractivity contribution is -0.138. The summed E-state index contributed by atoms with van der Waals surface area (Å²) in [4.78, 5) is 27.6. The summed E-state index contributed by atoms with van der Waals surface area (Å²) in [5.41, 5.74) is 0.809. The number of rotatable bonds is 3. The van der Waals surface area contributed by atoms with Gasteiger partial charge in [-0.05, 0) is 57.3 Å². The van der Waals surface area contributed by atoms with Crippen LogP contribution >= 0.6 is 0 Å². The highest BCUT2D eigenvalue weighted by molar-refractivity contribution is 6.08. The van der Waals surface area contributed by atoms with Gasteiger partial charge in [-0.25, -0.2) is 4.39 Å². The van der Waals surface area contributed by atoms with Gasteiger partial charge < -0.3 is 4.52 Å². The third-order valence-corrected chi connectivity index (χ3v) is 7.57. The molecule has 2 aromatic rings. The van der Waals surface area contributed by atoms with E-state index >= 15 is 0 Å². The zero-order valence-corrected chi connectivity index (χ0v) is 16.6. The monoisotopic (exact) mass is 399 g/mol. The van der Waals surface area contributed by atoms with Gasteiger partial charge in [0, 0.05) is 23.4 Å². The maximum atomic E-state index is 13.4. The van der Waals surface area contributed by atoms with Crippen LogP contribution in [-0.2, 0) is 9.59 Å². The zero-order chi connectivity index (χ0) is 20.2. The number of likely N-dealkylation sites (tertiary alicyclic amines) is 1. The van der Waals surface area contributed by atoms with Crippen molar-refractivity contribution in [1.29, 1.82) is 0 Å². The van der Waals surface area contributed by atoms with Gasteiger partial charge in [-0.1, -0.05) is 18.5 Å². The van der Waals surface area contributed by atoms with Crippen molar-refractivity contribution in [3.63, 3.8) is 0 Å². The lowest BCUT2D eigenvalue weighted by atomic mass is 9.62. The molecule has 1 N–H and O–H groups in total. The van der Waals surface area contributed by atoms with Crippen molar-refractivity contribution in [3.8, 4) is 0 Å². The second-order valence-corrected chi connectivity index (χ2v) is 8.73. The number of aromatic nitrogens is 1. The molecule has 1 saturated carbocycles. The molecular weight excluding hydrogens is 373 g/mol. The first-order valence-electron chi connectivity index (χ1n) is 10.7. The van der Waals surface area contributed by atoms with E-state index in [0.29, 0.717) is 12.0 Å². The average molecular weight is 399 g/mol. The molecule has 1 aliphatic carbocycles. The van der Waals surface area contributed by atoms with Gasteiger partial charge >= 0.3 is 0 Å². The fraction of sp³-hybridized carbons (Fsp3) is 0.591. The first-order valence-corrected chi connectivity index (χ1v) is 10.7. The number of imide groups is 1. The van der Waals surface area contributed by atoms with E-state index < -0.39 is 5.41 Å². The highest BCUT2D eigenvalue weighted by Gasteiger charge is 2.60. The summed E-state index contributed by atoms with van der Waals surface area (Å²) in [6, 6.07) is 4.68. The largest absolute Gasteiger partial charge is 0.356 e. The van der Waals surface area contributed by atoms with Gasteiger partial charge in [0.15, 0.2) is 5.58 Å². The van der Waals surface area contributed by atoms with E-state index in [-0.39, 0.29) is 35.5 Å². The minimum atomic E-state index is -0.583. The summed E-state index contributed by atoms with van der Waals surface area (Å²) in [6.07, 6.45) is 5.27. The van der Waals surface area contributed by atoms with E-state index in [9.17, 15) is 14.0 Å². The molecular formula is C22H26FN3O3. The molecule has 0 bridgehead atoms. The van der Waals surface area contributed by atoms with Gasteiger partial charge in [-0.15, -0.1) is 0 Å². The molecule has 29 heavy (non-hydrogen) atoms. The fourth-order valence-electron chi connectivity index (χ4n) is 6.11. The van der Waals surface area contributed by atoms with Crippen LogP contribution in [0.5, 0.6) is 0 Å². The molecule has 2 saturated heterocycles. The van der Waals surface area contributed by atoms with Crippen LogP contribution in [0.3, 0.4) is 0 Å². The smallest absolute Gasteiger partial charge is 0.235 e. The molecule has 3 aliphatic rings. The number of benzene rings is 1. The lowest BCUT2D eigenvalue weighted by Gasteiger charge is -2.49. The molecule has 2 amide bonds. The van der Waals surface area contributed by atoms with Crippen molar-refractivity contribution < 1.29 is 18.5 Å². The van der Waals surface area contributed by atoms with Crippen LogP contribution in [0.2, 0.25) is 0 Å². The first-order chi connectivity index (χ1) is 14.0. The van der Waals surface area contributed by atoms with Gasteiger partial charge in [-0.3, -0.25) is 19.8 Å². The van der Waals surface area contributed by atoms with E-state index in [1.165, 1.54) is 12.1 Å². The molecule has 7 heteroatoms. The number of nitrogens with one attached hydrogen (secondary N) is 1. The maximum Gasteiger partial charge on any atom is 0.235 e. The van der Waals surface area contributed by atoms with Gasteiger partial charge in [-0.2, -0.15) is 0 Å². The highest BCUT2D eigenvalue weighted by Crippen LogP contribution is 2.50. The number of halogens is 1. The molecule has 3 unspecified atom stereocenters. The molecule has 0 spiro atoms. The predicted octanol–water partition coefficient (Wildman–Crippen LogP) is 3.37. The van der Waals surface area contributed by atoms with Crippen molar-refractivity contribution in [1.82, 2.24) is 15.4 Å². The minimum Gasteiger partial charge on any atom is -0.356 e. The number of carbonyl (C=O) groups is 2. The fourth-order valence-corrected chi connectivity index (χ4v) is 6.11. The Hall–Kier alpha value is -2.28. The molecule has 154 valence electrons. The van der Waals surface area contributed by atoms with Crippen LogP contribution in [0.15, 0.2) is 22.7 Å². The highest BCUT2D eigenvalue weighted by atomic mass is 19.1. The average Bonchev–Trinajstić information content (AvgIpc) is 3.26. The molecule has 0 radical (unpaired) electrons. The summed E-state index contributed by atoms with van der Waals surface area (Å²) in [6.45, 7) is 3.76. The Morgan fingerprint density at radius 3 is 2.79 bits per heavy atom. The van der Waals surface area contributed by atoms with E-state index in [1.54, 1.807) is 6.07 Å². The Morgan fingerprint density at radius 2 is 2.03 bits per heavy atom. The first kappa shape index (κ1) is 18.7. The van der Waals surface area contributed by atoms with Crippen molar-refractivity contribution >= 4 is 22.8 Å². The number of amides is 2. The van der Waals surface area contributed by atoms with Crippen molar-refractivity contribution in [2.45, 2.75) is 57.4 Å². The molecule has 1 aromatic carbocycles. The maximum absolute atomic E-state index is 13.4. The van der Waals surface area contributed by atoms with Crippen LogP contribution < -0.4 is 5.32 Å². The summed E-state index contributed by atoms with van der Waals surface area (Å²) in [7, 11) is 0. The summed E-state index contributed by atoms with van der Waals surface area (Å²) >= 11 is 0. The van der Waals surface area contributed by atoms with Crippen LogP contribution in [-0.4, -0.2) is 41.0 Å². The van der Waals surface area contributed by atoms with Gasteiger partial charge in [0.05, 0.1) is 17.0 Å². The number of hydrogen-bond acceptors (Lipinski definition) is 5. The Balaban J connectivity index is 1.36. The molecule has 1 aromatic heterocycles. The van der Waals surface area contributed by atoms with E-state index in [4.69, 9.17) is 4.52 Å². The summed E-state index contributed by atoms with van der Waals surface area (Å²) < 4.78 is 18.8. The molecule has 3 heterocycles. The number of hydrogen-bond donors (Lipinski definition) is 1. The molecule has 3 fully saturated rings. The Bertz CT molecular complexity index is 965. The predicted molar refractivity (Wildman–Crippen MR) is 105 cm³/mol. The second-order valence-electron chi connectivity index (χ2n) is 8.73. The minimum absolute atomic E-state index is 0.0775. The standard InChI is InChI=1S/C22H26FN3O3/c1-2-22-16(20(27)24-21(22)28)4-3-5-18(22)26-10-8-13(9-11-26)19-15-7-6-14(23)12-17(15)29-25-19/h6-7,12-13,16,18H,2-5,8-11H2,1H3,(H,24,27,28). The quantitative estimate of drug-likeness (QED) is 0.801. The zero-order valence-electron chi connectivity index (χ0n) is 16.6. The lowest BCUT2D eigenvalue weighted by Crippen LogP contribution is -2.57. The molecule has 3 atom stereocenters. The number of fused-ring (bicyclic) bond motifs is 2. The van der Waals surface area contributed by atoms with Crippen molar-refractivity contribution in [2.75, 3.05) is 13.1 Å². The summed E-state index contributed by atoms with van der Waals surface area (Å²) in [5.74, 6) is -0.417. The normalized spacial score (nSPS) is 31.2. The van der Waals surface area contributed by atoms with Crippen LogP contribution in [0, 0.1) is 17.2 Å². The van der Waals surface area contributed by atoms with Gasteiger partial charge in [0.2, 0.25) is 11.8 Å². The Morgan fingerprint density at radius 1 is 1.24 bits per heavy atom.